The zero-order valence-corrected chi connectivity index (χ0v) is 11.4. The van der Waals surface area contributed by atoms with E-state index >= 15 is 0 Å². The zero-order valence-electron chi connectivity index (χ0n) is 11.4. The van der Waals surface area contributed by atoms with E-state index in [1.165, 1.54) is 18.9 Å². The molecule has 2 atom stereocenters. The average Bonchev–Trinajstić information content (AvgIpc) is 2.39. The molecule has 0 amide bonds. The Morgan fingerprint density at radius 1 is 1.42 bits per heavy atom. The van der Waals surface area contributed by atoms with Gasteiger partial charge in [-0.05, 0) is 44.3 Å². The third-order valence-electron chi connectivity index (χ3n) is 3.88. The van der Waals surface area contributed by atoms with Crippen LogP contribution in [0.15, 0.2) is 18.2 Å². The molecule has 0 spiro atoms. The van der Waals surface area contributed by atoms with E-state index < -0.39 is 17.7 Å². The molecule has 106 valence electrons. The number of piperidine rings is 1. The highest BCUT2D eigenvalue weighted by atomic mass is 19.2. The van der Waals surface area contributed by atoms with Gasteiger partial charge in [0, 0.05) is 18.2 Å². The summed E-state index contributed by atoms with van der Waals surface area (Å²) in [6.45, 7) is 5.26. The first kappa shape index (κ1) is 14.4. The van der Waals surface area contributed by atoms with E-state index in [2.05, 4.69) is 11.8 Å². The summed E-state index contributed by atoms with van der Waals surface area (Å²) in [5.74, 6) is -0.905. The van der Waals surface area contributed by atoms with E-state index in [9.17, 15) is 8.78 Å². The number of halogens is 2. The summed E-state index contributed by atoms with van der Waals surface area (Å²) in [4.78, 5) is 2.37. The van der Waals surface area contributed by atoms with Crippen LogP contribution in [-0.4, -0.2) is 24.5 Å². The molecule has 19 heavy (non-hydrogen) atoms. The second-order valence-corrected chi connectivity index (χ2v) is 5.59. The molecule has 4 heteroatoms. The van der Waals surface area contributed by atoms with Gasteiger partial charge >= 0.3 is 0 Å². The summed E-state index contributed by atoms with van der Waals surface area (Å²) in [7, 11) is 0. The Hall–Kier alpha value is -1.00. The fourth-order valence-electron chi connectivity index (χ4n) is 2.77. The van der Waals surface area contributed by atoms with Crippen molar-refractivity contribution in [1.82, 2.24) is 4.90 Å². The van der Waals surface area contributed by atoms with Crippen molar-refractivity contribution in [2.45, 2.75) is 32.2 Å². The Labute approximate surface area is 113 Å². The van der Waals surface area contributed by atoms with Gasteiger partial charge in [-0.25, -0.2) is 8.78 Å². The third kappa shape index (κ3) is 3.74. The van der Waals surface area contributed by atoms with Crippen molar-refractivity contribution in [3.8, 4) is 0 Å². The topological polar surface area (TPSA) is 29.3 Å². The molecule has 2 rings (SSSR count). The van der Waals surface area contributed by atoms with Crippen molar-refractivity contribution in [2.24, 2.45) is 11.7 Å². The lowest BCUT2D eigenvalue weighted by molar-refractivity contribution is 0.178. The maximum absolute atomic E-state index is 13.6. The van der Waals surface area contributed by atoms with E-state index in [0.717, 1.165) is 31.6 Å². The number of rotatable bonds is 4. The van der Waals surface area contributed by atoms with Crippen molar-refractivity contribution >= 4 is 0 Å². The fraction of sp³-hybridized carbons (Fsp3) is 0.600. The summed E-state index contributed by atoms with van der Waals surface area (Å²) in [5.41, 5.74) is 6.27. The number of hydrogen-bond acceptors (Lipinski definition) is 2. The van der Waals surface area contributed by atoms with E-state index in [1.54, 1.807) is 6.07 Å². The molecule has 1 saturated heterocycles. The van der Waals surface area contributed by atoms with Crippen LogP contribution in [0.3, 0.4) is 0 Å². The molecule has 0 aromatic heterocycles. The Morgan fingerprint density at radius 2 is 2.21 bits per heavy atom. The molecule has 1 heterocycles. The molecule has 2 unspecified atom stereocenters. The Kier molecular flexibility index (Phi) is 4.88. The van der Waals surface area contributed by atoms with Crippen molar-refractivity contribution < 1.29 is 8.78 Å². The smallest absolute Gasteiger partial charge is 0.163 e. The number of hydrogen-bond donors (Lipinski definition) is 1. The van der Waals surface area contributed by atoms with Gasteiger partial charge in [-0.15, -0.1) is 0 Å². The predicted molar refractivity (Wildman–Crippen MR) is 72.7 cm³/mol. The van der Waals surface area contributed by atoms with Crippen molar-refractivity contribution in [2.75, 3.05) is 19.6 Å². The number of benzene rings is 1. The standard InChI is InChI=1S/C15H22F2N2/c1-11-4-3-8-19(10-11)9-7-14(18)12-5-2-6-13(16)15(12)17/h2,5-6,11,14H,3-4,7-10,18H2,1H3. The van der Waals surface area contributed by atoms with E-state index in [-0.39, 0.29) is 5.56 Å². The largest absolute Gasteiger partial charge is 0.324 e. The van der Waals surface area contributed by atoms with Gasteiger partial charge in [-0.1, -0.05) is 19.1 Å². The Balaban J connectivity index is 1.90. The highest BCUT2D eigenvalue weighted by Crippen LogP contribution is 2.22. The van der Waals surface area contributed by atoms with Gasteiger partial charge in [0.2, 0.25) is 0 Å². The average molecular weight is 268 g/mol. The van der Waals surface area contributed by atoms with Crippen LogP contribution in [0.2, 0.25) is 0 Å². The molecule has 1 fully saturated rings. The molecular formula is C15H22F2N2. The van der Waals surface area contributed by atoms with Crippen LogP contribution in [0.4, 0.5) is 8.78 Å². The zero-order chi connectivity index (χ0) is 13.8. The summed E-state index contributed by atoms with van der Waals surface area (Å²) in [6, 6.07) is 3.77. The molecule has 0 bridgehead atoms. The van der Waals surface area contributed by atoms with E-state index in [0.29, 0.717) is 6.42 Å². The van der Waals surface area contributed by atoms with Gasteiger partial charge in [0.25, 0.3) is 0 Å². The van der Waals surface area contributed by atoms with Gasteiger partial charge in [-0.2, -0.15) is 0 Å². The maximum atomic E-state index is 13.6. The minimum absolute atomic E-state index is 0.282. The number of nitrogens with two attached hydrogens (primary N) is 1. The summed E-state index contributed by atoms with van der Waals surface area (Å²) < 4.78 is 26.8. The van der Waals surface area contributed by atoms with Gasteiger partial charge in [-0.3, -0.25) is 0 Å². The van der Waals surface area contributed by atoms with Gasteiger partial charge in [0.05, 0.1) is 0 Å². The van der Waals surface area contributed by atoms with Crippen molar-refractivity contribution in [3.63, 3.8) is 0 Å². The fourth-order valence-corrected chi connectivity index (χ4v) is 2.77. The van der Waals surface area contributed by atoms with Crippen molar-refractivity contribution in [1.29, 1.82) is 0 Å². The quantitative estimate of drug-likeness (QED) is 0.909. The van der Waals surface area contributed by atoms with Gasteiger partial charge < -0.3 is 10.6 Å². The van der Waals surface area contributed by atoms with Crippen LogP contribution in [0, 0.1) is 17.6 Å². The van der Waals surface area contributed by atoms with Crippen LogP contribution < -0.4 is 5.73 Å². The molecular weight excluding hydrogens is 246 g/mol. The first-order valence-electron chi connectivity index (χ1n) is 6.99. The first-order valence-corrected chi connectivity index (χ1v) is 6.99. The predicted octanol–water partition coefficient (Wildman–Crippen LogP) is 3.09. The molecule has 2 N–H and O–H groups in total. The Morgan fingerprint density at radius 3 is 2.95 bits per heavy atom. The molecule has 1 aromatic rings. The van der Waals surface area contributed by atoms with E-state index in [4.69, 9.17) is 5.73 Å². The molecule has 1 aromatic carbocycles. The Bertz CT molecular complexity index is 423. The van der Waals surface area contributed by atoms with Crippen LogP contribution in [-0.2, 0) is 0 Å². The second kappa shape index (κ2) is 6.44. The summed E-state index contributed by atoms with van der Waals surface area (Å²) in [5, 5.41) is 0. The molecule has 0 aliphatic carbocycles. The van der Waals surface area contributed by atoms with Gasteiger partial charge in [0.15, 0.2) is 11.6 Å². The van der Waals surface area contributed by atoms with Crippen LogP contribution in [0.1, 0.15) is 37.8 Å². The molecule has 1 aliphatic rings. The molecule has 0 saturated carbocycles. The SMILES string of the molecule is CC1CCCN(CCC(N)c2cccc(F)c2F)C1. The van der Waals surface area contributed by atoms with Crippen LogP contribution in [0.5, 0.6) is 0 Å². The summed E-state index contributed by atoms with van der Waals surface area (Å²) >= 11 is 0. The summed E-state index contributed by atoms with van der Waals surface area (Å²) in [6.07, 6.45) is 3.15. The van der Waals surface area contributed by atoms with Gasteiger partial charge in [0.1, 0.15) is 0 Å². The highest BCUT2D eigenvalue weighted by Gasteiger charge is 2.19. The minimum atomic E-state index is -0.820. The third-order valence-corrected chi connectivity index (χ3v) is 3.88. The lowest BCUT2D eigenvalue weighted by atomic mass is 9.99. The second-order valence-electron chi connectivity index (χ2n) is 5.59. The van der Waals surface area contributed by atoms with Crippen LogP contribution in [0.25, 0.3) is 0 Å². The molecule has 2 nitrogen and oxygen atoms in total. The lowest BCUT2D eigenvalue weighted by Crippen LogP contribution is -2.36. The monoisotopic (exact) mass is 268 g/mol. The minimum Gasteiger partial charge on any atom is -0.324 e. The first-order chi connectivity index (χ1) is 9.08. The van der Waals surface area contributed by atoms with Crippen LogP contribution >= 0.6 is 0 Å². The number of nitrogens with zero attached hydrogens (tertiary/aromatic N) is 1. The highest BCUT2D eigenvalue weighted by molar-refractivity contribution is 5.22. The lowest BCUT2D eigenvalue weighted by Gasteiger charge is -2.31. The normalized spacial score (nSPS) is 22.4. The van der Waals surface area contributed by atoms with E-state index in [1.807, 2.05) is 0 Å². The maximum Gasteiger partial charge on any atom is 0.163 e. The molecule has 1 aliphatic heterocycles. The van der Waals surface area contributed by atoms with Crippen molar-refractivity contribution in [3.05, 3.63) is 35.4 Å². The molecule has 0 radical (unpaired) electrons. The number of likely N-dealkylation sites (tertiary alicyclic amines) is 1.